The average molecular weight is 911 g/mol. The number of aromatic nitrogens is 4. The van der Waals surface area contributed by atoms with E-state index in [9.17, 15) is 21.6 Å². The van der Waals surface area contributed by atoms with Crippen LogP contribution in [0.4, 0.5) is 10.5 Å². The highest BCUT2D eigenvalue weighted by molar-refractivity contribution is 7.90. The number of likely N-dealkylation sites (tertiary alicyclic amines) is 2. The van der Waals surface area contributed by atoms with Crippen molar-refractivity contribution in [2.24, 2.45) is 5.14 Å². The monoisotopic (exact) mass is 910 g/mol. The molecule has 0 radical (unpaired) electrons. The van der Waals surface area contributed by atoms with E-state index in [0.29, 0.717) is 12.6 Å². The van der Waals surface area contributed by atoms with Crippen molar-refractivity contribution in [3.8, 4) is 12.0 Å². The van der Waals surface area contributed by atoms with Crippen molar-refractivity contribution in [2.45, 2.75) is 151 Å². The van der Waals surface area contributed by atoms with Crippen LogP contribution in [-0.2, 0) is 84.5 Å². The van der Waals surface area contributed by atoms with Gasteiger partial charge in [-0.05, 0) is 186 Å². The van der Waals surface area contributed by atoms with Gasteiger partial charge in [-0.15, -0.1) is 5.26 Å². The predicted octanol–water partition coefficient (Wildman–Crippen LogP) is 5.51. The third-order valence-electron chi connectivity index (χ3n) is 14.1. The Hall–Kier alpha value is -4.80. The van der Waals surface area contributed by atoms with Gasteiger partial charge in [-0.2, -0.15) is 18.6 Å². The van der Waals surface area contributed by atoms with Crippen molar-refractivity contribution in [2.75, 3.05) is 31.5 Å². The molecule has 4 heterocycles. The van der Waals surface area contributed by atoms with Crippen LogP contribution < -0.4 is 19.9 Å². The number of primary sulfonamides is 1. The Kier molecular flexibility index (Phi) is 11.8. The van der Waals surface area contributed by atoms with E-state index in [4.69, 9.17) is 15.1 Å². The molecule has 12 rings (SSSR count). The number of nitrogens with one attached hydrogen (secondary N) is 2. The highest BCUT2D eigenvalue weighted by Crippen LogP contribution is 2.41. The summed E-state index contributed by atoms with van der Waals surface area (Å²) in [6.07, 6.45) is 21.4. The molecule has 4 N–H and O–H groups in total. The van der Waals surface area contributed by atoms with Crippen molar-refractivity contribution in [1.82, 2.24) is 34.1 Å². The minimum Gasteiger partial charge on any atom is -0.387 e. The summed E-state index contributed by atoms with van der Waals surface area (Å²) < 4.78 is 59.7. The molecular formula is C46H58N10O6S2. The molecule has 2 aromatic heterocycles. The fourth-order valence-electron chi connectivity index (χ4n) is 10.3. The summed E-state index contributed by atoms with van der Waals surface area (Å²) >= 11 is 0. The Morgan fingerprint density at radius 2 is 1.09 bits per heavy atom. The number of nitrogens with zero attached hydrogens (tertiary/aromatic N) is 7. The molecule has 2 saturated carbocycles. The van der Waals surface area contributed by atoms with Gasteiger partial charge in [-0.25, -0.2) is 23.1 Å². The molecule has 2 aliphatic heterocycles. The second-order valence-corrected chi connectivity index (χ2v) is 21.9. The molecule has 18 heteroatoms. The van der Waals surface area contributed by atoms with Crippen LogP contribution in [0.1, 0.15) is 132 Å². The number of anilines is 1. The number of carbonyl (C=O) groups excluding carboxylic acids is 1. The van der Waals surface area contributed by atoms with Gasteiger partial charge in [0, 0.05) is 30.9 Å². The lowest BCUT2D eigenvalue weighted by Gasteiger charge is -2.30. The van der Waals surface area contributed by atoms with Crippen LogP contribution in [0.15, 0.2) is 34.3 Å². The van der Waals surface area contributed by atoms with E-state index in [0.717, 1.165) is 145 Å². The van der Waals surface area contributed by atoms with E-state index in [1.807, 2.05) is 15.6 Å². The normalized spacial score (nSPS) is 19.7. The zero-order valence-electron chi connectivity index (χ0n) is 36.4. The number of urea groups is 1. The fourth-order valence-corrected chi connectivity index (χ4v) is 11.7. The number of ether oxygens (including phenoxy) is 1. The van der Waals surface area contributed by atoms with Crippen molar-refractivity contribution in [3.05, 3.63) is 80.2 Å². The summed E-state index contributed by atoms with van der Waals surface area (Å²) in [5.74, 6) is 0.903. The van der Waals surface area contributed by atoms with Crippen molar-refractivity contribution >= 4 is 31.8 Å². The van der Waals surface area contributed by atoms with Gasteiger partial charge in [-0.3, -0.25) is 19.2 Å². The number of aryl methyl sites for hydroxylation is 4. The molecular weight excluding hydrogens is 853 g/mol. The summed E-state index contributed by atoms with van der Waals surface area (Å²) in [6.45, 7) is 5.71. The number of hydrogen-bond acceptors (Lipinski definition) is 11. The number of amides is 2. The van der Waals surface area contributed by atoms with Gasteiger partial charge < -0.3 is 10.1 Å². The number of sulfonamides is 2. The molecule has 2 amide bonds. The fraction of sp³-hybridized carbons (Fsp3) is 0.565. The summed E-state index contributed by atoms with van der Waals surface area (Å²) in [5, 5.41) is 25.2. The number of nitriles is 1. The van der Waals surface area contributed by atoms with Gasteiger partial charge in [0.25, 0.3) is 26.3 Å². The molecule has 64 heavy (non-hydrogen) atoms. The highest BCUT2D eigenvalue weighted by Gasteiger charge is 2.34. The van der Waals surface area contributed by atoms with Crippen LogP contribution in [-0.4, -0.2) is 78.4 Å². The maximum Gasteiger partial charge on any atom is 0.333 e. The molecule has 2 saturated heterocycles. The lowest BCUT2D eigenvalue weighted by Crippen LogP contribution is -2.36. The summed E-state index contributed by atoms with van der Waals surface area (Å²) in [6, 6.07) is 7.82. The van der Waals surface area contributed by atoms with Crippen LogP contribution in [0.3, 0.4) is 0 Å². The summed E-state index contributed by atoms with van der Waals surface area (Å²) in [5.41, 5.74) is 13.1. The average Bonchev–Trinajstić information content (AvgIpc) is 3.73. The summed E-state index contributed by atoms with van der Waals surface area (Å²) in [4.78, 5) is 17.4. The van der Waals surface area contributed by atoms with Crippen LogP contribution in [0, 0.1) is 11.5 Å². The number of fused-ring (bicyclic) bond motifs is 4. The highest BCUT2D eigenvalue weighted by atomic mass is 32.2. The number of rotatable bonds is 11. The standard InChI is InChI=1S/C23H29N5O3S.C13H13NO.C10H16N4O2S/c29-23(24-22-19-6-1-4-15(19)12-16-5-2-7-20(16)22)26-32(30,31)21-13-18(14-27-10-3-11-27)28(25-21)17-8-9-17;14-8-15-13-11-5-1-3-9(11)7-10-4-2-6-12(10)13;11-17(15,16)10-6-9(7-13-4-1-5-13)14(12-10)8-2-3-8/h12-13,17H,1-11,14H2,(H2,24,26,29);7H,1-6H2;6,8H,1-5,7H2,(H2,11,15,16). The van der Waals surface area contributed by atoms with Crippen LogP contribution in [0.5, 0.6) is 5.75 Å². The number of carbonyl (C=O) groups is 1. The Morgan fingerprint density at radius 1 is 0.656 bits per heavy atom. The molecule has 6 aliphatic carbocycles. The largest absolute Gasteiger partial charge is 0.387 e. The summed E-state index contributed by atoms with van der Waals surface area (Å²) in [7, 11) is -7.74. The van der Waals surface area contributed by atoms with Crippen molar-refractivity contribution in [1.29, 1.82) is 5.26 Å². The second-order valence-electron chi connectivity index (χ2n) is 18.8. The van der Waals surface area contributed by atoms with Gasteiger partial charge in [-0.1, -0.05) is 12.1 Å². The molecule has 0 unspecified atom stereocenters. The first-order valence-electron chi connectivity index (χ1n) is 23.3. The lowest BCUT2D eigenvalue weighted by molar-refractivity contribution is 0.167. The third-order valence-corrected chi connectivity index (χ3v) is 16.1. The van der Waals surface area contributed by atoms with E-state index >= 15 is 0 Å². The molecule has 16 nitrogen and oxygen atoms in total. The molecule has 340 valence electrons. The van der Waals surface area contributed by atoms with Gasteiger partial charge in [0.15, 0.2) is 10.1 Å². The maximum atomic E-state index is 13.0. The van der Waals surface area contributed by atoms with Crippen LogP contribution in [0.2, 0.25) is 0 Å². The molecule has 4 fully saturated rings. The maximum absolute atomic E-state index is 13.0. The Morgan fingerprint density at radius 3 is 1.52 bits per heavy atom. The zero-order chi connectivity index (χ0) is 44.2. The van der Waals surface area contributed by atoms with E-state index in [1.54, 1.807) is 12.1 Å². The number of hydrogen-bond donors (Lipinski definition) is 3. The molecule has 2 aromatic carbocycles. The van der Waals surface area contributed by atoms with Gasteiger partial charge in [0.2, 0.25) is 0 Å². The first-order valence-corrected chi connectivity index (χ1v) is 26.3. The zero-order valence-corrected chi connectivity index (χ0v) is 38.0. The quantitative estimate of drug-likeness (QED) is 0.160. The molecule has 4 aromatic rings. The van der Waals surface area contributed by atoms with Crippen LogP contribution >= 0.6 is 0 Å². The minimum atomic E-state index is -4.05. The molecule has 8 aliphatic rings. The smallest absolute Gasteiger partial charge is 0.333 e. The van der Waals surface area contributed by atoms with E-state index in [-0.39, 0.29) is 16.1 Å². The van der Waals surface area contributed by atoms with Gasteiger partial charge in [0.1, 0.15) is 5.75 Å². The lowest BCUT2D eigenvalue weighted by atomic mass is 9.99. The number of nitrogens with two attached hydrogens (primary N) is 1. The third kappa shape index (κ3) is 9.06. The molecule has 0 bridgehead atoms. The Balaban J connectivity index is 0.000000127. The Labute approximate surface area is 375 Å². The Bertz CT molecular complexity index is 2680. The van der Waals surface area contributed by atoms with Gasteiger partial charge in [0.05, 0.1) is 23.5 Å². The van der Waals surface area contributed by atoms with Crippen molar-refractivity contribution < 1.29 is 26.4 Å². The van der Waals surface area contributed by atoms with Crippen molar-refractivity contribution in [3.63, 3.8) is 0 Å². The van der Waals surface area contributed by atoms with E-state index in [2.05, 4.69) is 42.2 Å². The SMILES string of the molecule is N#COc1c2c(cc3c1CCC3)CCC2.NS(=O)(=O)c1cc(CN2CCC2)n(C2CC2)n1.O=C(Nc1c2c(cc3c1CCC3)CCC2)NS(=O)(=O)c1cc(CN2CCC2)n(C2CC2)n1. The van der Waals surface area contributed by atoms with Gasteiger partial charge >= 0.3 is 6.03 Å². The number of benzene rings is 2. The molecule has 0 atom stereocenters. The minimum absolute atomic E-state index is 0.0000709. The van der Waals surface area contributed by atoms with E-state index < -0.39 is 26.1 Å². The first-order chi connectivity index (χ1) is 30.9. The molecule has 0 spiro atoms. The first kappa shape index (κ1) is 43.1. The topological polar surface area (TPSA) is 211 Å². The van der Waals surface area contributed by atoms with Crippen LogP contribution in [0.25, 0.3) is 0 Å². The predicted molar refractivity (Wildman–Crippen MR) is 239 cm³/mol. The second kappa shape index (κ2) is 17.5. The van der Waals surface area contributed by atoms with E-state index in [1.165, 1.54) is 70.2 Å².